The number of rotatable bonds is 1. The van der Waals surface area contributed by atoms with Crippen LogP contribution >= 0.6 is 0 Å². The Bertz CT molecular complexity index is 195. The Morgan fingerprint density at radius 3 is 2.75 bits per heavy atom. The number of carboxylic acid groups (broad SMARTS) is 1. The summed E-state index contributed by atoms with van der Waals surface area (Å²) >= 11 is 0. The number of hydrogen-bond donors (Lipinski definition) is 3. The molecule has 4 nitrogen and oxygen atoms in total. The highest BCUT2D eigenvalue weighted by molar-refractivity contribution is 5.74. The van der Waals surface area contributed by atoms with Crippen molar-refractivity contribution in [2.45, 2.75) is 24.9 Å². The topological polar surface area (TPSA) is 61.4 Å². The molecule has 2 rings (SSSR count). The van der Waals surface area contributed by atoms with Gasteiger partial charge in [0, 0.05) is 12.0 Å². The number of carboxylic acids is 1. The van der Waals surface area contributed by atoms with Crippen LogP contribution in [0.4, 0.5) is 0 Å². The molecule has 2 aliphatic rings. The van der Waals surface area contributed by atoms with E-state index in [0.29, 0.717) is 12.0 Å². The minimum atomic E-state index is -0.701. The fourth-order valence-corrected chi connectivity index (χ4v) is 2.32. The number of nitrogens with one attached hydrogen (secondary N) is 2. The number of piperidine rings is 1. The zero-order chi connectivity index (χ0) is 8.55. The summed E-state index contributed by atoms with van der Waals surface area (Å²) in [5, 5.41) is 15.3. The molecule has 0 aromatic carbocycles. The maximum Gasteiger partial charge on any atom is 0.321 e. The predicted molar refractivity (Wildman–Crippen MR) is 43.9 cm³/mol. The maximum atomic E-state index is 10.8. The normalized spacial score (nSPS) is 40.8. The second-order valence-corrected chi connectivity index (χ2v) is 3.57. The minimum Gasteiger partial charge on any atom is -0.480 e. The van der Waals surface area contributed by atoms with E-state index >= 15 is 0 Å². The number of aliphatic carboxylic acids is 1. The van der Waals surface area contributed by atoms with Crippen molar-refractivity contribution in [3.05, 3.63) is 0 Å². The van der Waals surface area contributed by atoms with Gasteiger partial charge >= 0.3 is 5.97 Å². The van der Waals surface area contributed by atoms with Gasteiger partial charge in [0.1, 0.15) is 6.04 Å². The van der Waals surface area contributed by atoms with E-state index < -0.39 is 5.97 Å². The van der Waals surface area contributed by atoms with Crippen molar-refractivity contribution in [1.82, 2.24) is 10.6 Å². The van der Waals surface area contributed by atoms with E-state index in [9.17, 15) is 4.79 Å². The van der Waals surface area contributed by atoms with E-state index in [4.69, 9.17) is 5.11 Å². The fraction of sp³-hybridized carbons (Fsp3) is 0.875. The zero-order valence-electron chi connectivity index (χ0n) is 6.92. The van der Waals surface area contributed by atoms with Crippen LogP contribution in [0.2, 0.25) is 0 Å². The molecule has 3 N–H and O–H groups in total. The van der Waals surface area contributed by atoms with E-state index in [-0.39, 0.29) is 6.04 Å². The standard InChI is InChI=1S/C8H14N2O2/c11-8(12)7-5-1-3-9-6(5)2-4-10-7/h5-7,9-10H,1-4H2,(H,11,12). The second kappa shape index (κ2) is 3.03. The third-order valence-corrected chi connectivity index (χ3v) is 2.91. The minimum absolute atomic E-state index is 0.302. The van der Waals surface area contributed by atoms with Gasteiger partial charge in [0.2, 0.25) is 0 Å². The van der Waals surface area contributed by atoms with Gasteiger partial charge in [0.05, 0.1) is 0 Å². The molecule has 0 aromatic rings. The summed E-state index contributed by atoms with van der Waals surface area (Å²) in [6, 6.07) is 0.117. The van der Waals surface area contributed by atoms with Crippen molar-refractivity contribution in [3.63, 3.8) is 0 Å². The molecular weight excluding hydrogens is 156 g/mol. The Hall–Kier alpha value is -0.610. The number of hydrogen-bond acceptors (Lipinski definition) is 3. The SMILES string of the molecule is O=C(O)C1NCCC2NCCC21. The molecule has 0 aromatic heterocycles. The van der Waals surface area contributed by atoms with Gasteiger partial charge in [-0.2, -0.15) is 0 Å². The van der Waals surface area contributed by atoms with Gasteiger partial charge in [-0.1, -0.05) is 0 Å². The van der Waals surface area contributed by atoms with Crippen molar-refractivity contribution in [2.24, 2.45) is 5.92 Å². The highest BCUT2D eigenvalue weighted by Gasteiger charge is 2.39. The summed E-state index contributed by atoms with van der Waals surface area (Å²) in [7, 11) is 0. The average Bonchev–Trinajstić information content (AvgIpc) is 2.49. The second-order valence-electron chi connectivity index (χ2n) is 3.57. The zero-order valence-corrected chi connectivity index (χ0v) is 6.92. The molecule has 2 saturated heterocycles. The molecule has 4 heteroatoms. The Kier molecular flexibility index (Phi) is 2.02. The fourth-order valence-electron chi connectivity index (χ4n) is 2.32. The molecule has 3 unspecified atom stereocenters. The Balaban J connectivity index is 2.08. The van der Waals surface area contributed by atoms with Crippen LogP contribution in [0.15, 0.2) is 0 Å². The van der Waals surface area contributed by atoms with Crippen LogP contribution in [-0.2, 0) is 4.79 Å². The van der Waals surface area contributed by atoms with Crippen molar-refractivity contribution in [1.29, 1.82) is 0 Å². The van der Waals surface area contributed by atoms with Gasteiger partial charge in [-0.25, -0.2) is 0 Å². The third-order valence-electron chi connectivity index (χ3n) is 2.91. The van der Waals surface area contributed by atoms with Gasteiger partial charge in [0.15, 0.2) is 0 Å². The molecule has 0 radical (unpaired) electrons. The molecule has 2 heterocycles. The lowest BCUT2D eigenvalue weighted by Gasteiger charge is -2.31. The first kappa shape index (κ1) is 8.01. The lowest BCUT2D eigenvalue weighted by molar-refractivity contribution is -0.141. The summed E-state index contributed by atoms with van der Waals surface area (Å²) in [5.74, 6) is -0.398. The smallest absolute Gasteiger partial charge is 0.321 e. The Morgan fingerprint density at radius 1 is 1.25 bits per heavy atom. The summed E-state index contributed by atoms with van der Waals surface area (Å²) < 4.78 is 0. The Labute approximate surface area is 71.3 Å². The van der Waals surface area contributed by atoms with E-state index in [0.717, 1.165) is 25.9 Å². The first-order valence-corrected chi connectivity index (χ1v) is 4.48. The number of carbonyl (C=O) groups is 1. The van der Waals surface area contributed by atoms with Crippen molar-refractivity contribution >= 4 is 5.97 Å². The van der Waals surface area contributed by atoms with E-state index in [1.165, 1.54) is 0 Å². The predicted octanol–water partition coefficient (Wildman–Crippen LogP) is -0.589. The Morgan fingerprint density at radius 2 is 2.00 bits per heavy atom. The van der Waals surface area contributed by atoms with Crippen LogP contribution in [-0.4, -0.2) is 36.2 Å². The van der Waals surface area contributed by atoms with Crippen molar-refractivity contribution in [2.75, 3.05) is 13.1 Å². The molecule has 0 saturated carbocycles. The lowest BCUT2D eigenvalue weighted by Crippen LogP contribution is -2.52. The van der Waals surface area contributed by atoms with E-state index in [1.807, 2.05) is 0 Å². The number of fused-ring (bicyclic) bond motifs is 1. The van der Waals surface area contributed by atoms with E-state index in [2.05, 4.69) is 10.6 Å². The quantitative estimate of drug-likeness (QED) is 0.492. The molecule has 0 spiro atoms. The monoisotopic (exact) mass is 170 g/mol. The van der Waals surface area contributed by atoms with Crippen LogP contribution in [0.3, 0.4) is 0 Å². The van der Waals surface area contributed by atoms with Crippen LogP contribution in [0.5, 0.6) is 0 Å². The van der Waals surface area contributed by atoms with Crippen LogP contribution in [0.1, 0.15) is 12.8 Å². The largest absolute Gasteiger partial charge is 0.480 e. The molecule has 0 aliphatic carbocycles. The van der Waals surface area contributed by atoms with Crippen LogP contribution in [0.25, 0.3) is 0 Å². The highest BCUT2D eigenvalue weighted by Crippen LogP contribution is 2.25. The highest BCUT2D eigenvalue weighted by atomic mass is 16.4. The third kappa shape index (κ3) is 1.21. The summed E-state index contributed by atoms with van der Waals surface area (Å²) in [5.41, 5.74) is 0. The lowest BCUT2D eigenvalue weighted by atomic mass is 9.87. The van der Waals surface area contributed by atoms with Gasteiger partial charge in [-0.15, -0.1) is 0 Å². The van der Waals surface area contributed by atoms with Crippen LogP contribution in [0, 0.1) is 5.92 Å². The van der Waals surface area contributed by atoms with E-state index in [1.54, 1.807) is 0 Å². The molecule has 2 aliphatic heterocycles. The van der Waals surface area contributed by atoms with Crippen molar-refractivity contribution < 1.29 is 9.90 Å². The van der Waals surface area contributed by atoms with Crippen LogP contribution < -0.4 is 10.6 Å². The van der Waals surface area contributed by atoms with Gasteiger partial charge in [0.25, 0.3) is 0 Å². The summed E-state index contributed by atoms with van der Waals surface area (Å²) in [6.07, 6.45) is 2.06. The molecular formula is C8H14N2O2. The average molecular weight is 170 g/mol. The van der Waals surface area contributed by atoms with Crippen molar-refractivity contribution in [3.8, 4) is 0 Å². The van der Waals surface area contributed by atoms with Gasteiger partial charge in [-0.3, -0.25) is 4.79 Å². The molecule has 2 fully saturated rings. The van der Waals surface area contributed by atoms with Gasteiger partial charge in [-0.05, 0) is 25.9 Å². The summed E-state index contributed by atoms with van der Waals surface area (Å²) in [4.78, 5) is 10.8. The molecule has 3 atom stereocenters. The first-order chi connectivity index (χ1) is 5.79. The first-order valence-electron chi connectivity index (χ1n) is 4.48. The molecule has 0 amide bonds. The summed E-state index contributed by atoms with van der Waals surface area (Å²) in [6.45, 7) is 1.80. The van der Waals surface area contributed by atoms with Gasteiger partial charge < -0.3 is 15.7 Å². The molecule has 12 heavy (non-hydrogen) atoms. The maximum absolute atomic E-state index is 10.8. The molecule has 68 valence electrons. The molecule has 0 bridgehead atoms.